The van der Waals surface area contributed by atoms with E-state index in [2.05, 4.69) is 0 Å². The average molecular weight is 420 g/mol. The number of non-ortho nitro benzene ring substituents is 1. The number of anilines is 1. The Kier molecular flexibility index (Phi) is 4.23. The molecule has 0 saturated carbocycles. The number of quaternary nitrogens is 1. The highest BCUT2D eigenvalue weighted by molar-refractivity contribution is 6.23. The van der Waals surface area contributed by atoms with Gasteiger partial charge in [-0.1, -0.05) is 30.3 Å². The van der Waals surface area contributed by atoms with Crippen LogP contribution in [0.25, 0.3) is 6.08 Å². The highest BCUT2D eigenvalue weighted by Gasteiger charge is 2.68. The predicted octanol–water partition coefficient (Wildman–Crippen LogP) is 0.866. The van der Waals surface area contributed by atoms with Gasteiger partial charge in [-0.25, -0.2) is 9.69 Å². The van der Waals surface area contributed by atoms with Gasteiger partial charge in [-0.05, 0) is 17.7 Å². The van der Waals surface area contributed by atoms with Gasteiger partial charge in [-0.3, -0.25) is 24.6 Å². The van der Waals surface area contributed by atoms with Crippen LogP contribution < -0.4 is 9.80 Å². The summed E-state index contributed by atoms with van der Waals surface area (Å²) in [4.78, 5) is 52.0. The Morgan fingerprint density at radius 3 is 2.58 bits per heavy atom. The van der Waals surface area contributed by atoms with Crippen LogP contribution in [0.5, 0.6) is 0 Å². The van der Waals surface area contributed by atoms with E-state index in [1.807, 2.05) is 36.5 Å². The first-order valence-corrected chi connectivity index (χ1v) is 9.78. The van der Waals surface area contributed by atoms with Crippen molar-refractivity contribution in [2.45, 2.75) is 12.1 Å². The van der Waals surface area contributed by atoms with Crippen LogP contribution in [0.1, 0.15) is 17.2 Å². The summed E-state index contributed by atoms with van der Waals surface area (Å²) in [5.41, 5.74) is 1.71. The molecule has 0 aliphatic carbocycles. The minimum atomic E-state index is -0.921. The van der Waals surface area contributed by atoms with Crippen LogP contribution >= 0.6 is 0 Å². The number of nitrogens with zero attached hydrogens (tertiary/aromatic N) is 2. The zero-order valence-electron chi connectivity index (χ0n) is 16.4. The molecular formula is C22H18N3O6+. The predicted molar refractivity (Wildman–Crippen MR) is 108 cm³/mol. The zero-order valence-corrected chi connectivity index (χ0v) is 16.4. The second-order valence-corrected chi connectivity index (χ2v) is 7.78. The number of ether oxygens (including phenoxy) is 1. The Labute approximate surface area is 176 Å². The fourth-order valence-electron chi connectivity index (χ4n) is 5.14. The molecule has 5 rings (SSSR count). The van der Waals surface area contributed by atoms with Gasteiger partial charge in [-0.15, -0.1) is 0 Å². The van der Waals surface area contributed by atoms with Crippen molar-refractivity contribution in [3.63, 3.8) is 0 Å². The van der Waals surface area contributed by atoms with Crippen molar-refractivity contribution in [1.82, 2.24) is 0 Å². The smallest absolute Gasteiger partial charge is 0.365 e. The Hall–Kier alpha value is -3.85. The number of carbonyl (C=O) groups is 3. The van der Waals surface area contributed by atoms with Crippen molar-refractivity contribution >= 4 is 35.2 Å². The molecule has 2 aromatic carbocycles. The van der Waals surface area contributed by atoms with E-state index in [4.69, 9.17) is 4.74 Å². The van der Waals surface area contributed by atoms with Crippen LogP contribution in [-0.4, -0.2) is 35.9 Å². The molecule has 3 heterocycles. The van der Waals surface area contributed by atoms with Crippen molar-refractivity contribution in [2.75, 3.05) is 12.0 Å². The zero-order chi connectivity index (χ0) is 21.9. The highest BCUT2D eigenvalue weighted by Crippen LogP contribution is 2.45. The van der Waals surface area contributed by atoms with Crippen LogP contribution in [0, 0.1) is 22.0 Å². The third-order valence-electron chi connectivity index (χ3n) is 6.37. The second-order valence-electron chi connectivity index (χ2n) is 7.78. The first kappa shape index (κ1) is 19.1. The van der Waals surface area contributed by atoms with Crippen molar-refractivity contribution in [3.8, 4) is 0 Å². The lowest BCUT2D eigenvalue weighted by Gasteiger charge is -2.30. The minimum Gasteiger partial charge on any atom is -0.465 e. The van der Waals surface area contributed by atoms with Crippen LogP contribution in [0.15, 0.2) is 54.7 Å². The van der Waals surface area contributed by atoms with E-state index in [0.717, 1.165) is 16.0 Å². The first-order valence-electron chi connectivity index (χ1n) is 9.78. The fraction of sp³-hybridized carbons (Fsp3) is 0.227. The molecule has 0 aromatic heterocycles. The average Bonchev–Trinajstić information content (AvgIpc) is 3.26. The summed E-state index contributed by atoms with van der Waals surface area (Å²) in [5.74, 6) is -3.28. The molecule has 2 fully saturated rings. The summed E-state index contributed by atoms with van der Waals surface area (Å²) >= 11 is 0. The number of rotatable bonds is 3. The molecule has 9 nitrogen and oxygen atoms in total. The SMILES string of the molecule is COC(=O)[C@H]1[C@@H]2C(=O)N(c3cccc([N+](=O)[O-])c3)C(=O)[C@@H]2[C@H]2c3ccccc3C=C[NH+]21. The lowest BCUT2D eigenvalue weighted by Crippen LogP contribution is -3.12. The normalized spacial score (nSPS) is 28.2. The Morgan fingerprint density at radius 1 is 1.10 bits per heavy atom. The molecule has 1 unspecified atom stereocenters. The van der Waals surface area contributed by atoms with E-state index in [1.54, 1.807) is 0 Å². The molecule has 2 saturated heterocycles. The van der Waals surface area contributed by atoms with E-state index >= 15 is 0 Å². The van der Waals surface area contributed by atoms with Gasteiger partial charge in [0.15, 0.2) is 0 Å². The third kappa shape index (κ3) is 2.63. The number of fused-ring (bicyclic) bond motifs is 5. The minimum absolute atomic E-state index is 0.128. The van der Waals surface area contributed by atoms with Crippen molar-refractivity contribution in [2.24, 2.45) is 11.8 Å². The van der Waals surface area contributed by atoms with E-state index in [1.165, 1.54) is 31.4 Å². The van der Waals surface area contributed by atoms with Crippen molar-refractivity contribution < 1.29 is 28.9 Å². The number of hydrogen-bond acceptors (Lipinski definition) is 6. The Bertz CT molecular complexity index is 1180. The largest absolute Gasteiger partial charge is 0.465 e. The highest BCUT2D eigenvalue weighted by atomic mass is 16.6. The van der Waals surface area contributed by atoms with Gasteiger partial charge in [0.25, 0.3) is 5.69 Å². The number of nitro groups is 1. The molecule has 2 amide bonds. The van der Waals surface area contributed by atoms with Crippen LogP contribution in [-0.2, 0) is 19.1 Å². The molecule has 156 valence electrons. The van der Waals surface area contributed by atoms with Gasteiger partial charge in [0.1, 0.15) is 17.9 Å². The van der Waals surface area contributed by atoms with Crippen LogP contribution in [0.2, 0.25) is 0 Å². The van der Waals surface area contributed by atoms with Gasteiger partial charge in [0.2, 0.25) is 17.9 Å². The number of nitro benzene ring substituents is 1. The fourth-order valence-corrected chi connectivity index (χ4v) is 5.14. The van der Waals surface area contributed by atoms with Gasteiger partial charge in [-0.2, -0.15) is 0 Å². The number of carbonyl (C=O) groups excluding carboxylic acids is 3. The summed E-state index contributed by atoms with van der Waals surface area (Å²) in [7, 11) is 1.26. The summed E-state index contributed by atoms with van der Waals surface area (Å²) in [6, 6.07) is 11.6. The molecule has 5 atom stereocenters. The maximum atomic E-state index is 13.5. The number of methoxy groups -OCH3 is 1. The van der Waals surface area contributed by atoms with E-state index < -0.39 is 46.6 Å². The third-order valence-corrected chi connectivity index (χ3v) is 6.37. The van der Waals surface area contributed by atoms with E-state index in [-0.39, 0.29) is 11.4 Å². The maximum absolute atomic E-state index is 13.5. The molecule has 0 radical (unpaired) electrons. The van der Waals surface area contributed by atoms with Gasteiger partial charge in [0.05, 0.1) is 23.9 Å². The van der Waals surface area contributed by atoms with Crippen LogP contribution in [0.4, 0.5) is 11.4 Å². The van der Waals surface area contributed by atoms with Gasteiger partial charge in [0, 0.05) is 17.7 Å². The molecule has 3 aliphatic rings. The first-order chi connectivity index (χ1) is 14.9. The molecule has 2 aromatic rings. The Balaban J connectivity index is 1.64. The number of nitrogens with one attached hydrogen (secondary N) is 1. The molecule has 0 bridgehead atoms. The van der Waals surface area contributed by atoms with E-state index in [0.29, 0.717) is 4.90 Å². The molecule has 1 N–H and O–H groups in total. The summed E-state index contributed by atoms with van der Waals surface area (Å²) in [6.07, 6.45) is 3.69. The molecule has 3 aliphatic heterocycles. The van der Waals surface area contributed by atoms with E-state index in [9.17, 15) is 24.5 Å². The lowest BCUT2D eigenvalue weighted by atomic mass is 9.84. The molecule has 31 heavy (non-hydrogen) atoms. The number of amides is 2. The molecular weight excluding hydrogens is 402 g/mol. The molecule has 0 spiro atoms. The van der Waals surface area contributed by atoms with Crippen molar-refractivity contribution in [3.05, 3.63) is 76.0 Å². The van der Waals surface area contributed by atoms with Crippen molar-refractivity contribution in [1.29, 1.82) is 0 Å². The summed E-state index contributed by atoms with van der Waals surface area (Å²) in [6.45, 7) is 0. The lowest BCUT2D eigenvalue weighted by molar-refractivity contribution is -0.885. The Morgan fingerprint density at radius 2 is 1.84 bits per heavy atom. The quantitative estimate of drug-likeness (QED) is 0.341. The van der Waals surface area contributed by atoms with Gasteiger partial charge < -0.3 is 4.74 Å². The number of imide groups is 1. The standard InChI is InChI=1S/C22H17N3O6/c1-31-22(28)19-17-16(18-15-8-3-2-5-12(15)9-10-23(18)19)20(26)24(21(17)27)13-6-4-7-14(11-13)25(29)30/h2-11,16-19H,1H3/p+1/t16-,17+,18+,19+/m0/s1. The number of esters is 1. The summed E-state index contributed by atoms with van der Waals surface area (Å²) < 4.78 is 4.99. The maximum Gasteiger partial charge on any atom is 0.365 e. The molecule has 9 heteroatoms. The van der Waals surface area contributed by atoms with Gasteiger partial charge >= 0.3 is 5.97 Å². The second kappa shape index (κ2) is 6.85. The summed E-state index contributed by atoms with van der Waals surface area (Å²) in [5, 5.41) is 11.2. The van der Waals surface area contributed by atoms with Crippen LogP contribution in [0.3, 0.4) is 0 Å². The topological polar surface area (TPSA) is 111 Å². The monoisotopic (exact) mass is 420 g/mol. The number of benzene rings is 2. The number of hydrogen-bond donors (Lipinski definition) is 1.